The molecule has 86 valence electrons. The van der Waals surface area contributed by atoms with Crippen molar-refractivity contribution in [2.75, 3.05) is 6.61 Å². The van der Waals surface area contributed by atoms with Gasteiger partial charge in [-0.3, -0.25) is 0 Å². The average Bonchev–Trinajstić information content (AvgIpc) is 2.35. The summed E-state index contributed by atoms with van der Waals surface area (Å²) >= 11 is 0. The molecule has 1 N–H and O–H groups in total. The van der Waals surface area contributed by atoms with Crippen LogP contribution < -0.4 is 4.74 Å². The molecule has 2 rings (SSSR count). The number of hydrogen-bond donors (Lipinski definition) is 1. The molecule has 2 aromatic rings. The smallest absolute Gasteiger partial charge is 0.341 e. The third-order valence-electron chi connectivity index (χ3n) is 2.25. The zero-order chi connectivity index (χ0) is 12.3. The maximum absolute atomic E-state index is 10.4. The number of hydrogen-bond acceptors (Lipinski definition) is 3. The maximum atomic E-state index is 10.4. The van der Waals surface area contributed by atoms with Crippen LogP contribution in [0.1, 0.15) is 5.69 Å². The van der Waals surface area contributed by atoms with Crippen molar-refractivity contribution >= 4 is 22.9 Å². The van der Waals surface area contributed by atoms with Crippen molar-refractivity contribution in [3.8, 4) is 5.75 Å². The highest BCUT2D eigenvalue weighted by molar-refractivity contribution is 5.81. The van der Waals surface area contributed by atoms with Gasteiger partial charge >= 0.3 is 5.97 Å². The van der Waals surface area contributed by atoms with E-state index in [0.29, 0.717) is 5.75 Å². The first-order valence-corrected chi connectivity index (χ1v) is 5.07. The number of carboxylic acids is 1. The highest BCUT2D eigenvalue weighted by Gasteiger charge is 2.01. The summed E-state index contributed by atoms with van der Waals surface area (Å²) in [7, 11) is 0. The fraction of sp³-hybridized carbons (Fsp3) is 0.0769. The molecular weight excluding hydrogens is 218 g/mol. The van der Waals surface area contributed by atoms with E-state index >= 15 is 0 Å². The summed E-state index contributed by atoms with van der Waals surface area (Å²) in [6, 6.07) is 8.99. The number of aliphatic carboxylic acids is 1. The third kappa shape index (κ3) is 2.60. The molecule has 1 heterocycles. The first kappa shape index (κ1) is 11.1. The third-order valence-corrected chi connectivity index (χ3v) is 2.25. The number of pyridine rings is 1. The van der Waals surface area contributed by atoms with Crippen LogP contribution >= 0.6 is 0 Å². The van der Waals surface area contributed by atoms with Crippen molar-refractivity contribution < 1.29 is 14.6 Å². The van der Waals surface area contributed by atoms with Crippen LogP contribution in [0.5, 0.6) is 5.75 Å². The number of carboxylic acid groups (broad SMARTS) is 1. The Kier molecular flexibility index (Phi) is 3.05. The van der Waals surface area contributed by atoms with E-state index in [9.17, 15) is 4.79 Å². The van der Waals surface area contributed by atoms with E-state index in [1.807, 2.05) is 12.1 Å². The topological polar surface area (TPSA) is 59.4 Å². The van der Waals surface area contributed by atoms with Gasteiger partial charge in [-0.1, -0.05) is 12.6 Å². The zero-order valence-electron chi connectivity index (χ0n) is 9.09. The highest BCUT2D eigenvalue weighted by atomic mass is 16.5. The molecule has 1 aromatic carbocycles. The Morgan fingerprint density at radius 1 is 1.41 bits per heavy atom. The molecular formula is C13H11NO3. The van der Waals surface area contributed by atoms with Crippen LogP contribution in [0.4, 0.5) is 0 Å². The second kappa shape index (κ2) is 4.65. The molecule has 0 radical (unpaired) electrons. The molecule has 0 saturated carbocycles. The van der Waals surface area contributed by atoms with Gasteiger partial charge < -0.3 is 9.84 Å². The molecule has 0 aliphatic heterocycles. The monoisotopic (exact) mass is 229 g/mol. The van der Waals surface area contributed by atoms with Crippen molar-refractivity contribution in [2.24, 2.45) is 0 Å². The Morgan fingerprint density at radius 3 is 2.94 bits per heavy atom. The lowest BCUT2D eigenvalue weighted by atomic mass is 10.2. The molecule has 4 heteroatoms. The Morgan fingerprint density at radius 2 is 2.24 bits per heavy atom. The normalized spacial score (nSPS) is 10.1. The Labute approximate surface area is 98.2 Å². The van der Waals surface area contributed by atoms with Gasteiger partial charge in [0, 0.05) is 5.39 Å². The lowest BCUT2D eigenvalue weighted by molar-refractivity contribution is -0.139. The second-order valence-corrected chi connectivity index (χ2v) is 3.48. The van der Waals surface area contributed by atoms with Gasteiger partial charge in [-0.2, -0.15) is 0 Å². The summed E-state index contributed by atoms with van der Waals surface area (Å²) in [6.45, 7) is 3.31. The van der Waals surface area contributed by atoms with Gasteiger partial charge in [-0.25, -0.2) is 9.78 Å². The molecule has 0 aliphatic rings. The quantitative estimate of drug-likeness (QED) is 0.874. The summed E-state index contributed by atoms with van der Waals surface area (Å²) in [4.78, 5) is 14.7. The molecule has 0 spiro atoms. The first-order chi connectivity index (χ1) is 8.19. The van der Waals surface area contributed by atoms with Gasteiger partial charge in [0.05, 0.1) is 11.2 Å². The minimum absolute atomic E-state index is 0.344. The number of benzene rings is 1. The predicted octanol–water partition coefficient (Wildman–Crippen LogP) is 2.34. The van der Waals surface area contributed by atoms with Crippen LogP contribution in [0, 0.1) is 0 Å². The summed E-state index contributed by atoms with van der Waals surface area (Å²) in [5, 5.41) is 9.41. The lowest BCUT2D eigenvalue weighted by Gasteiger charge is -2.04. The van der Waals surface area contributed by atoms with E-state index in [1.165, 1.54) is 0 Å². The Balaban J connectivity index is 2.31. The summed E-state index contributed by atoms with van der Waals surface area (Å²) < 4.78 is 5.08. The summed E-state index contributed by atoms with van der Waals surface area (Å²) in [5.41, 5.74) is 1.63. The van der Waals surface area contributed by atoms with Gasteiger partial charge in [0.1, 0.15) is 5.75 Å². The minimum Gasteiger partial charge on any atom is -0.482 e. The van der Waals surface area contributed by atoms with Crippen LogP contribution in [0.2, 0.25) is 0 Å². The fourth-order valence-electron chi connectivity index (χ4n) is 1.47. The SMILES string of the molecule is C=Cc1ccc2cc(OCC(=O)O)ccc2n1. The largest absolute Gasteiger partial charge is 0.482 e. The predicted molar refractivity (Wildman–Crippen MR) is 65.0 cm³/mol. The van der Waals surface area contributed by atoms with E-state index in [4.69, 9.17) is 9.84 Å². The fourth-order valence-corrected chi connectivity index (χ4v) is 1.47. The second-order valence-electron chi connectivity index (χ2n) is 3.48. The van der Waals surface area contributed by atoms with Crippen LogP contribution in [0.15, 0.2) is 36.9 Å². The minimum atomic E-state index is -0.995. The number of carbonyl (C=O) groups is 1. The summed E-state index contributed by atoms with van der Waals surface area (Å²) in [6.07, 6.45) is 1.67. The molecule has 0 saturated heterocycles. The summed E-state index contributed by atoms with van der Waals surface area (Å²) in [5.74, 6) is -0.474. The van der Waals surface area contributed by atoms with Gasteiger partial charge in [0.15, 0.2) is 6.61 Å². The van der Waals surface area contributed by atoms with E-state index in [0.717, 1.165) is 16.6 Å². The van der Waals surface area contributed by atoms with Crippen LogP contribution in [-0.4, -0.2) is 22.7 Å². The molecule has 0 atom stereocenters. The molecule has 0 unspecified atom stereocenters. The van der Waals surface area contributed by atoms with Crippen molar-refractivity contribution in [3.63, 3.8) is 0 Å². The van der Waals surface area contributed by atoms with Crippen molar-refractivity contribution in [3.05, 3.63) is 42.6 Å². The lowest BCUT2D eigenvalue weighted by Crippen LogP contribution is -2.09. The molecule has 0 aliphatic carbocycles. The van der Waals surface area contributed by atoms with Crippen molar-refractivity contribution in [1.29, 1.82) is 0 Å². The Hall–Kier alpha value is -2.36. The van der Waals surface area contributed by atoms with Crippen LogP contribution in [0.25, 0.3) is 17.0 Å². The maximum Gasteiger partial charge on any atom is 0.341 e. The van der Waals surface area contributed by atoms with Crippen molar-refractivity contribution in [2.45, 2.75) is 0 Å². The van der Waals surface area contributed by atoms with Gasteiger partial charge in [-0.15, -0.1) is 0 Å². The number of aromatic nitrogens is 1. The highest BCUT2D eigenvalue weighted by Crippen LogP contribution is 2.20. The number of rotatable bonds is 4. The van der Waals surface area contributed by atoms with E-state index in [2.05, 4.69) is 11.6 Å². The van der Waals surface area contributed by atoms with Gasteiger partial charge in [-0.05, 0) is 30.3 Å². The van der Waals surface area contributed by atoms with Gasteiger partial charge in [0.25, 0.3) is 0 Å². The van der Waals surface area contributed by atoms with E-state index in [1.54, 1.807) is 24.3 Å². The number of ether oxygens (including phenoxy) is 1. The standard InChI is InChI=1S/C13H11NO3/c1-2-10-4-3-9-7-11(17-8-13(15)16)5-6-12(9)14-10/h2-7H,1,8H2,(H,15,16). The first-order valence-electron chi connectivity index (χ1n) is 5.07. The van der Waals surface area contributed by atoms with Crippen LogP contribution in [-0.2, 0) is 4.79 Å². The average molecular weight is 229 g/mol. The Bertz CT molecular complexity index is 578. The zero-order valence-corrected chi connectivity index (χ0v) is 9.09. The van der Waals surface area contributed by atoms with Crippen molar-refractivity contribution in [1.82, 2.24) is 4.98 Å². The van der Waals surface area contributed by atoms with E-state index < -0.39 is 5.97 Å². The molecule has 4 nitrogen and oxygen atoms in total. The molecule has 0 amide bonds. The molecule has 17 heavy (non-hydrogen) atoms. The van der Waals surface area contributed by atoms with Gasteiger partial charge in [0.2, 0.25) is 0 Å². The molecule has 1 aromatic heterocycles. The molecule has 0 bridgehead atoms. The van der Waals surface area contributed by atoms with Crippen LogP contribution in [0.3, 0.4) is 0 Å². The molecule has 0 fully saturated rings. The van der Waals surface area contributed by atoms with E-state index in [-0.39, 0.29) is 6.61 Å². The number of nitrogens with zero attached hydrogens (tertiary/aromatic N) is 1. The number of fused-ring (bicyclic) bond motifs is 1.